The Balaban J connectivity index is 2.05. The summed E-state index contributed by atoms with van der Waals surface area (Å²) in [5.74, 6) is 0.160. The molecular formula is C12H15ClFN. The Hall–Kier alpha value is -0.600. The number of benzene rings is 1. The van der Waals surface area contributed by atoms with Crippen LogP contribution < -0.4 is 5.32 Å². The van der Waals surface area contributed by atoms with E-state index in [2.05, 4.69) is 5.32 Å². The first kappa shape index (κ1) is 10.9. The third-order valence-corrected chi connectivity index (χ3v) is 3.24. The summed E-state index contributed by atoms with van der Waals surface area (Å²) in [6, 6.07) is 7.08. The highest BCUT2D eigenvalue weighted by Gasteiger charge is 2.24. The molecular weight excluding hydrogens is 213 g/mol. The zero-order valence-electron chi connectivity index (χ0n) is 8.55. The number of alkyl halides is 1. The largest absolute Gasteiger partial charge is 0.317 e. The second kappa shape index (κ2) is 4.95. The van der Waals surface area contributed by atoms with Crippen molar-refractivity contribution in [3.63, 3.8) is 0 Å². The molecule has 1 aromatic rings. The molecule has 1 unspecified atom stereocenters. The van der Waals surface area contributed by atoms with Crippen molar-refractivity contribution in [2.45, 2.75) is 19.0 Å². The first-order valence-corrected chi connectivity index (χ1v) is 5.75. The summed E-state index contributed by atoms with van der Waals surface area (Å²) in [5.41, 5.74) is 0.756. The monoisotopic (exact) mass is 227 g/mol. The van der Waals surface area contributed by atoms with E-state index in [-0.39, 0.29) is 5.92 Å². The Bertz CT molecular complexity index is 306. The molecule has 1 aliphatic heterocycles. The summed E-state index contributed by atoms with van der Waals surface area (Å²) in [6.07, 6.45) is 0.998. The molecule has 1 nitrogen and oxygen atoms in total. The van der Waals surface area contributed by atoms with Gasteiger partial charge in [0.15, 0.2) is 0 Å². The maximum Gasteiger partial charge on any atom is 0.128 e. The van der Waals surface area contributed by atoms with Gasteiger partial charge in [0.25, 0.3) is 0 Å². The van der Waals surface area contributed by atoms with Gasteiger partial charge in [0.2, 0.25) is 0 Å². The SMILES string of the molecule is FC(c1ccc(Cl)cc1)C1CCNCC1. The molecule has 2 rings (SSSR count). The topological polar surface area (TPSA) is 12.0 Å². The average Bonchev–Trinajstić information content (AvgIpc) is 2.30. The van der Waals surface area contributed by atoms with Crippen LogP contribution in [0.5, 0.6) is 0 Å². The average molecular weight is 228 g/mol. The van der Waals surface area contributed by atoms with Crippen molar-refractivity contribution in [2.24, 2.45) is 5.92 Å². The Kier molecular flexibility index (Phi) is 3.60. The predicted octanol–water partition coefficient (Wildman–Crippen LogP) is 3.35. The van der Waals surface area contributed by atoms with Crippen molar-refractivity contribution < 1.29 is 4.39 Å². The number of halogens is 2. The molecule has 1 atom stereocenters. The van der Waals surface area contributed by atoms with E-state index in [1.54, 1.807) is 24.3 Å². The van der Waals surface area contributed by atoms with E-state index in [4.69, 9.17) is 11.6 Å². The van der Waals surface area contributed by atoms with Gasteiger partial charge in [0, 0.05) is 5.02 Å². The molecule has 1 N–H and O–H groups in total. The molecule has 0 saturated carbocycles. The summed E-state index contributed by atoms with van der Waals surface area (Å²) in [7, 11) is 0. The number of hydrogen-bond acceptors (Lipinski definition) is 1. The Labute approximate surface area is 94.6 Å². The highest BCUT2D eigenvalue weighted by Crippen LogP contribution is 2.32. The van der Waals surface area contributed by atoms with Gasteiger partial charge in [0.1, 0.15) is 6.17 Å². The summed E-state index contributed by atoms with van der Waals surface area (Å²) < 4.78 is 14.1. The van der Waals surface area contributed by atoms with Crippen molar-refractivity contribution in [1.82, 2.24) is 5.32 Å². The van der Waals surface area contributed by atoms with Gasteiger partial charge in [-0.2, -0.15) is 0 Å². The maximum atomic E-state index is 14.1. The van der Waals surface area contributed by atoms with Crippen LogP contribution in [-0.4, -0.2) is 13.1 Å². The minimum atomic E-state index is -0.843. The normalized spacial score (nSPS) is 20.1. The first-order valence-electron chi connectivity index (χ1n) is 5.37. The summed E-state index contributed by atoms with van der Waals surface area (Å²) in [5, 5.41) is 3.91. The fourth-order valence-corrected chi connectivity index (χ4v) is 2.18. The summed E-state index contributed by atoms with van der Waals surface area (Å²) >= 11 is 5.77. The smallest absolute Gasteiger partial charge is 0.128 e. The van der Waals surface area contributed by atoms with Crippen LogP contribution in [0, 0.1) is 5.92 Å². The standard InChI is InChI=1S/C12H15ClFN/c13-11-3-1-9(2-4-11)12(14)10-5-7-15-8-6-10/h1-4,10,12,15H,5-8H2. The minimum absolute atomic E-state index is 0.160. The fraction of sp³-hybridized carbons (Fsp3) is 0.500. The lowest BCUT2D eigenvalue weighted by atomic mass is 9.89. The molecule has 1 aliphatic rings. The molecule has 1 fully saturated rings. The van der Waals surface area contributed by atoms with Crippen LogP contribution >= 0.6 is 11.6 Å². The van der Waals surface area contributed by atoms with Gasteiger partial charge in [-0.15, -0.1) is 0 Å². The molecule has 0 aromatic heterocycles. The second-order valence-corrected chi connectivity index (χ2v) is 4.48. The van der Waals surface area contributed by atoms with Crippen LogP contribution in [0.4, 0.5) is 4.39 Å². The summed E-state index contributed by atoms with van der Waals surface area (Å²) in [4.78, 5) is 0. The van der Waals surface area contributed by atoms with Gasteiger partial charge < -0.3 is 5.32 Å². The van der Waals surface area contributed by atoms with Crippen LogP contribution in [0.2, 0.25) is 5.02 Å². The van der Waals surface area contributed by atoms with Crippen molar-refractivity contribution in [3.05, 3.63) is 34.9 Å². The molecule has 1 heterocycles. The van der Waals surface area contributed by atoms with Crippen molar-refractivity contribution >= 4 is 11.6 Å². The minimum Gasteiger partial charge on any atom is -0.317 e. The number of hydrogen-bond donors (Lipinski definition) is 1. The van der Waals surface area contributed by atoms with E-state index >= 15 is 0 Å². The van der Waals surface area contributed by atoms with Crippen LogP contribution in [0.1, 0.15) is 24.6 Å². The number of piperidine rings is 1. The van der Waals surface area contributed by atoms with Crippen LogP contribution in [0.15, 0.2) is 24.3 Å². The first-order chi connectivity index (χ1) is 7.27. The zero-order valence-corrected chi connectivity index (χ0v) is 9.30. The molecule has 0 amide bonds. The molecule has 0 aliphatic carbocycles. The Morgan fingerprint density at radius 1 is 1.20 bits per heavy atom. The predicted molar refractivity (Wildman–Crippen MR) is 60.9 cm³/mol. The van der Waals surface area contributed by atoms with Gasteiger partial charge in [0.05, 0.1) is 0 Å². The number of rotatable bonds is 2. The Morgan fingerprint density at radius 2 is 1.80 bits per heavy atom. The third-order valence-electron chi connectivity index (χ3n) is 2.99. The molecule has 1 saturated heterocycles. The van der Waals surface area contributed by atoms with E-state index in [1.165, 1.54) is 0 Å². The van der Waals surface area contributed by atoms with Crippen molar-refractivity contribution in [3.8, 4) is 0 Å². The van der Waals surface area contributed by atoms with Gasteiger partial charge >= 0.3 is 0 Å². The lowest BCUT2D eigenvalue weighted by molar-refractivity contribution is 0.190. The van der Waals surface area contributed by atoms with Gasteiger partial charge in [-0.3, -0.25) is 0 Å². The quantitative estimate of drug-likeness (QED) is 0.817. The molecule has 0 radical (unpaired) electrons. The van der Waals surface area contributed by atoms with E-state index in [0.29, 0.717) is 5.02 Å². The van der Waals surface area contributed by atoms with Crippen LogP contribution in [-0.2, 0) is 0 Å². The molecule has 3 heteroatoms. The molecule has 0 bridgehead atoms. The van der Waals surface area contributed by atoms with E-state index in [0.717, 1.165) is 31.5 Å². The highest BCUT2D eigenvalue weighted by molar-refractivity contribution is 6.30. The molecule has 0 spiro atoms. The van der Waals surface area contributed by atoms with Gasteiger partial charge in [-0.05, 0) is 49.5 Å². The van der Waals surface area contributed by atoms with Crippen molar-refractivity contribution in [1.29, 1.82) is 0 Å². The van der Waals surface area contributed by atoms with E-state index in [1.807, 2.05) is 0 Å². The summed E-state index contributed by atoms with van der Waals surface area (Å²) in [6.45, 7) is 1.86. The van der Waals surface area contributed by atoms with Gasteiger partial charge in [-0.1, -0.05) is 23.7 Å². The lowest BCUT2D eigenvalue weighted by Gasteiger charge is -2.25. The van der Waals surface area contributed by atoms with Gasteiger partial charge in [-0.25, -0.2) is 4.39 Å². The lowest BCUT2D eigenvalue weighted by Crippen LogP contribution is -2.29. The maximum absolute atomic E-state index is 14.1. The molecule has 15 heavy (non-hydrogen) atoms. The fourth-order valence-electron chi connectivity index (χ4n) is 2.06. The zero-order chi connectivity index (χ0) is 10.7. The van der Waals surface area contributed by atoms with E-state index in [9.17, 15) is 4.39 Å². The second-order valence-electron chi connectivity index (χ2n) is 4.04. The van der Waals surface area contributed by atoms with Crippen molar-refractivity contribution in [2.75, 3.05) is 13.1 Å². The highest BCUT2D eigenvalue weighted by atomic mass is 35.5. The van der Waals surface area contributed by atoms with Crippen LogP contribution in [0.3, 0.4) is 0 Å². The third kappa shape index (κ3) is 2.70. The molecule has 82 valence electrons. The van der Waals surface area contributed by atoms with E-state index < -0.39 is 6.17 Å². The van der Waals surface area contributed by atoms with Crippen LogP contribution in [0.25, 0.3) is 0 Å². The number of nitrogens with one attached hydrogen (secondary N) is 1. The Morgan fingerprint density at radius 3 is 2.40 bits per heavy atom. The molecule has 1 aromatic carbocycles.